The molecule has 10 heteroatoms. The second-order valence-corrected chi connectivity index (χ2v) is 8.33. The van der Waals surface area contributed by atoms with Gasteiger partial charge >= 0.3 is 6.18 Å². The fraction of sp³-hybridized carbons (Fsp3) is 0.150. The Bertz CT molecular complexity index is 1250. The Morgan fingerprint density at radius 2 is 1.73 bits per heavy atom. The lowest BCUT2D eigenvalue weighted by Gasteiger charge is -2.17. The standard InChI is InChI=1S/C20H17F3N2O4S/c1-12-9-13(11-24-19(12)26)15-10-14(25-30(2,27)28)7-8-17(15)29-18-6-4-3-5-16(18)20(21,22)23/h3-11,25H,1-2H3,(H,24,26). The first-order chi connectivity index (χ1) is 13.9. The third-order valence-electron chi connectivity index (χ3n) is 4.10. The molecule has 0 amide bonds. The van der Waals surface area contributed by atoms with Gasteiger partial charge in [0, 0.05) is 28.6 Å². The minimum absolute atomic E-state index is 0.0530. The number of para-hydroxylation sites is 1. The van der Waals surface area contributed by atoms with Crippen LogP contribution < -0.4 is 15.0 Å². The maximum Gasteiger partial charge on any atom is 0.419 e. The van der Waals surface area contributed by atoms with Crippen molar-refractivity contribution in [3.8, 4) is 22.6 Å². The van der Waals surface area contributed by atoms with Crippen LogP contribution in [0.15, 0.2) is 59.5 Å². The highest BCUT2D eigenvalue weighted by Crippen LogP contribution is 2.41. The predicted octanol–water partition coefficient (Wildman–Crippen LogP) is 4.53. The van der Waals surface area contributed by atoms with E-state index in [4.69, 9.17) is 4.74 Å². The number of aromatic amines is 1. The number of H-pyrrole nitrogens is 1. The Hall–Kier alpha value is -3.27. The molecule has 0 unspecified atom stereocenters. The second kappa shape index (κ2) is 7.86. The zero-order valence-electron chi connectivity index (χ0n) is 15.9. The van der Waals surface area contributed by atoms with Gasteiger partial charge in [0.2, 0.25) is 10.0 Å². The van der Waals surface area contributed by atoms with Crippen LogP contribution >= 0.6 is 0 Å². The number of aromatic nitrogens is 1. The molecule has 0 fully saturated rings. The van der Waals surface area contributed by atoms with Gasteiger partial charge in [0.05, 0.1) is 11.8 Å². The van der Waals surface area contributed by atoms with Gasteiger partial charge in [0.15, 0.2) is 0 Å². The first kappa shape index (κ1) is 21.4. The number of alkyl halides is 3. The molecule has 1 heterocycles. The van der Waals surface area contributed by atoms with Crippen molar-refractivity contribution in [2.75, 3.05) is 11.0 Å². The zero-order chi connectivity index (χ0) is 22.1. The van der Waals surface area contributed by atoms with E-state index in [0.717, 1.165) is 12.3 Å². The van der Waals surface area contributed by atoms with E-state index in [1.807, 2.05) is 0 Å². The Balaban J connectivity index is 2.15. The number of aryl methyl sites for hydroxylation is 1. The molecule has 0 aliphatic heterocycles. The number of rotatable bonds is 5. The number of pyridine rings is 1. The summed E-state index contributed by atoms with van der Waals surface area (Å²) in [5.74, 6) is -0.353. The molecule has 1 aromatic heterocycles. The second-order valence-electron chi connectivity index (χ2n) is 6.58. The van der Waals surface area contributed by atoms with Crippen LogP contribution in [0.4, 0.5) is 18.9 Å². The molecule has 30 heavy (non-hydrogen) atoms. The molecule has 158 valence electrons. The summed E-state index contributed by atoms with van der Waals surface area (Å²) in [5, 5.41) is 0. The van der Waals surface area contributed by atoms with E-state index in [1.54, 1.807) is 6.92 Å². The summed E-state index contributed by atoms with van der Waals surface area (Å²) in [6, 6.07) is 10.4. The van der Waals surface area contributed by atoms with Crippen molar-refractivity contribution in [1.29, 1.82) is 0 Å². The Morgan fingerprint density at radius 1 is 1.03 bits per heavy atom. The summed E-state index contributed by atoms with van der Waals surface area (Å²) in [6.07, 6.45) is -2.28. The number of ether oxygens (including phenoxy) is 1. The van der Waals surface area contributed by atoms with Crippen molar-refractivity contribution in [3.63, 3.8) is 0 Å². The summed E-state index contributed by atoms with van der Waals surface area (Å²) in [5.41, 5.74) is 0.00753. The normalized spacial score (nSPS) is 11.9. The lowest BCUT2D eigenvalue weighted by Crippen LogP contribution is -2.10. The minimum Gasteiger partial charge on any atom is -0.456 e. The summed E-state index contributed by atoms with van der Waals surface area (Å²) in [6.45, 7) is 1.57. The molecular weight excluding hydrogens is 421 g/mol. The number of sulfonamides is 1. The SMILES string of the molecule is Cc1cc(-c2cc(NS(C)(=O)=O)ccc2Oc2ccccc2C(F)(F)F)c[nH]c1=O. The molecule has 0 radical (unpaired) electrons. The fourth-order valence-electron chi connectivity index (χ4n) is 2.78. The first-order valence-corrected chi connectivity index (χ1v) is 10.5. The van der Waals surface area contributed by atoms with Gasteiger partial charge in [0.25, 0.3) is 5.56 Å². The third-order valence-corrected chi connectivity index (χ3v) is 4.70. The van der Waals surface area contributed by atoms with Crippen molar-refractivity contribution in [2.45, 2.75) is 13.1 Å². The quantitative estimate of drug-likeness (QED) is 0.613. The Labute approximate surface area is 170 Å². The largest absolute Gasteiger partial charge is 0.456 e. The van der Waals surface area contributed by atoms with Crippen LogP contribution in [-0.4, -0.2) is 19.7 Å². The topological polar surface area (TPSA) is 88.3 Å². The molecule has 0 bridgehead atoms. The Kier molecular flexibility index (Phi) is 5.62. The highest BCUT2D eigenvalue weighted by molar-refractivity contribution is 7.92. The highest BCUT2D eigenvalue weighted by Gasteiger charge is 2.34. The molecule has 0 saturated heterocycles. The average molecular weight is 438 g/mol. The van der Waals surface area contributed by atoms with E-state index in [2.05, 4.69) is 9.71 Å². The van der Waals surface area contributed by atoms with Crippen molar-refractivity contribution in [2.24, 2.45) is 0 Å². The zero-order valence-corrected chi connectivity index (χ0v) is 16.7. The average Bonchev–Trinajstić information content (AvgIpc) is 2.63. The maximum absolute atomic E-state index is 13.3. The van der Waals surface area contributed by atoms with Gasteiger partial charge < -0.3 is 9.72 Å². The van der Waals surface area contributed by atoms with Gasteiger partial charge in [0.1, 0.15) is 11.5 Å². The van der Waals surface area contributed by atoms with Gasteiger partial charge in [-0.05, 0) is 43.3 Å². The lowest BCUT2D eigenvalue weighted by atomic mass is 10.0. The summed E-state index contributed by atoms with van der Waals surface area (Å²) >= 11 is 0. The van der Waals surface area contributed by atoms with E-state index in [0.29, 0.717) is 16.7 Å². The minimum atomic E-state index is -4.62. The molecule has 0 aliphatic carbocycles. The summed E-state index contributed by atoms with van der Waals surface area (Å²) in [7, 11) is -3.59. The van der Waals surface area contributed by atoms with Gasteiger partial charge in [-0.25, -0.2) is 8.42 Å². The summed E-state index contributed by atoms with van der Waals surface area (Å²) in [4.78, 5) is 14.2. The van der Waals surface area contributed by atoms with Crippen LogP contribution in [0.5, 0.6) is 11.5 Å². The van der Waals surface area contributed by atoms with E-state index in [9.17, 15) is 26.4 Å². The van der Waals surface area contributed by atoms with Gasteiger partial charge in [-0.1, -0.05) is 12.1 Å². The van der Waals surface area contributed by atoms with E-state index >= 15 is 0 Å². The van der Waals surface area contributed by atoms with Crippen LogP contribution in [0.1, 0.15) is 11.1 Å². The Morgan fingerprint density at radius 3 is 2.37 bits per heavy atom. The van der Waals surface area contributed by atoms with Gasteiger partial charge in [-0.2, -0.15) is 13.2 Å². The number of halogens is 3. The molecule has 0 atom stereocenters. The van der Waals surface area contributed by atoms with Crippen LogP contribution in [0.3, 0.4) is 0 Å². The molecular formula is C20H17F3N2O4S. The number of anilines is 1. The maximum atomic E-state index is 13.3. The first-order valence-electron chi connectivity index (χ1n) is 8.60. The van der Waals surface area contributed by atoms with Crippen molar-refractivity contribution in [3.05, 3.63) is 76.2 Å². The molecule has 2 aromatic carbocycles. The van der Waals surface area contributed by atoms with Crippen LogP contribution in [0, 0.1) is 6.92 Å². The molecule has 3 rings (SSSR count). The third kappa shape index (κ3) is 5.01. The predicted molar refractivity (Wildman–Crippen MR) is 107 cm³/mol. The van der Waals surface area contributed by atoms with E-state index < -0.39 is 27.5 Å². The lowest BCUT2D eigenvalue weighted by molar-refractivity contribution is -0.138. The van der Waals surface area contributed by atoms with Gasteiger partial charge in [-0.3, -0.25) is 9.52 Å². The smallest absolute Gasteiger partial charge is 0.419 e. The number of benzene rings is 2. The summed E-state index contributed by atoms with van der Waals surface area (Å²) < 4.78 is 71.0. The monoisotopic (exact) mass is 438 g/mol. The molecule has 0 spiro atoms. The van der Waals surface area contributed by atoms with Crippen LogP contribution in [0.2, 0.25) is 0 Å². The van der Waals surface area contributed by atoms with Crippen molar-refractivity contribution >= 4 is 15.7 Å². The molecule has 0 aliphatic rings. The van der Waals surface area contributed by atoms with E-state index in [1.165, 1.54) is 48.7 Å². The molecule has 0 saturated carbocycles. The van der Waals surface area contributed by atoms with Crippen LogP contribution in [0.25, 0.3) is 11.1 Å². The molecule has 6 nitrogen and oxygen atoms in total. The molecule has 2 N–H and O–H groups in total. The van der Waals surface area contributed by atoms with E-state index in [-0.39, 0.29) is 17.0 Å². The number of hydrogen-bond donors (Lipinski definition) is 2. The highest BCUT2D eigenvalue weighted by atomic mass is 32.2. The van der Waals surface area contributed by atoms with Crippen molar-refractivity contribution in [1.82, 2.24) is 4.98 Å². The molecule has 3 aromatic rings. The van der Waals surface area contributed by atoms with Gasteiger partial charge in [-0.15, -0.1) is 0 Å². The van der Waals surface area contributed by atoms with Crippen molar-refractivity contribution < 1.29 is 26.3 Å². The number of nitrogens with one attached hydrogen (secondary N) is 2. The fourth-order valence-corrected chi connectivity index (χ4v) is 3.34. The number of hydrogen-bond acceptors (Lipinski definition) is 4. The van der Waals surface area contributed by atoms with Crippen LogP contribution in [-0.2, 0) is 16.2 Å².